The summed E-state index contributed by atoms with van der Waals surface area (Å²) >= 11 is 0. The van der Waals surface area contributed by atoms with Crippen LogP contribution in [0, 0.1) is 6.92 Å². The van der Waals surface area contributed by atoms with Gasteiger partial charge in [-0.3, -0.25) is 9.78 Å². The third kappa shape index (κ3) is 4.64. The minimum absolute atomic E-state index is 0.136. The highest BCUT2D eigenvalue weighted by Crippen LogP contribution is 2.24. The summed E-state index contributed by atoms with van der Waals surface area (Å²) in [7, 11) is -3.90. The molecule has 0 fully saturated rings. The van der Waals surface area contributed by atoms with Gasteiger partial charge in [0.1, 0.15) is 0 Å². The van der Waals surface area contributed by atoms with E-state index < -0.39 is 28.5 Å². The molecule has 0 radical (unpaired) electrons. The van der Waals surface area contributed by atoms with E-state index in [1.54, 1.807) is 19.1 Å². The number of nitrogens with two attached hydrogens (primary N) is 1. The van der Waals surface area contributed by atoms with Crippen molar-refractivity contribution in [2.45, 2.75) is 25.2 Å². The maximum Gasteiger partial charge on any atom is 0.339 e. The Morgan fingerprint density at radius 2 is 1.87 bits per heavy atom. The molecule has 0 unspecified atom stereocenters. The number of pyridine rings is 1. The van der Waals surface area contributed by atoms with Crippen LogP contribution < -0.4 is 10.5 Å². The number of esters is 1. The number of nitrogens with one attached hydrogen (secondary N) is 1. The van der Waals surface area contributed by atoms with Gasteiger partial charge in [0.25, 0.3) is 5.91 Å². The lowest BCUT2D eigenvalue weighted by Crippen LogP contribution is -2.22. The van der Waals surface area contributed by atoms with Crippen LogP contribution in [-0.2, 0) is 26.0 Å². The van der Waals surface area contributed by atoms with Crippen LogP contribution in [0.25, 0.3) is 10.9 Å². The number of fused-ring (bicyclic) bond motifs is 1. The topological polar surface area (TPSA) is 128 Å². The molecule has 1 heterocycles. The summed E-state index contributed by atoms with van der Waals surface area (Å²) < 4.78 is 28.1. The zero-order chi connectivity index (χ0) is 21.9. The molecule has 0 atom stereocenters. The lowest BCUT2D eigenvalue weighted by molar-refractivity contribution is -0.119. The number of para-hydroxylation sites is 1. The zero-order valence-electron chi connectivity index (χ0n) is 16.5. The number of anilines is 1. The fraction of sp³-hybridized carbons (Fsp3) is 0.190. The van der Waals surface area contributed by atoms with Gasteiger partial charge >= 0.3 is 5.97 Å². The Balaban J connectivity index is 1.76. The molecule has 3 N–H and O–H groups in total. The number of sulfonamides is 1. The molecule has 30 heavy (non-hydrogen) atoms. The van der Waals surface area contributed by atoms with E-state index in [9.17, 15) is 18.0 Å². The van der Waals surface area contributed by atoms with Crippen LogP contribution in [0.2, 0.25) is 0 Å². The molecule has 8 nitrogen and oxygen atoms in total. The number of carbonyl (C=O) groups is 2. The highest BCUT2D eigenvalue weighted by molar-refractivity contribution is 7.89. The van der Waals surface area contributed by atoms with E-state index in [2.05, 4.69) is 10.3 Å². The van der Waals surface area contributed by atoms with E-state index in [-0.39, 0.29) is 10.6 Å². The lowest BCUT2D eigenvalue weighted by Gasteiger charge is -2.13. The fourth-order valence-corrected chi connectivity index (χ4v) is 3.68. The van der Waals surface area contributed by atoms with E-state index in [1.165, 1.54) is 24.3 Å². The summed E-state index contributed by atoms with van der Waals surface area (Å²) in [5, 5.41) is 8.23. The second-order valence-corrected chi connectivity index (χ2v) is 8.19. The van der Waals surface area contributed by atoms with E-state index in [4.69, 9.17) is 9.88 Å². The van der Waals surface area contributed by atoms with Crippen molar-refractivity contribution in [1.82, 2.24) is 4.98 Å². The number of ether oxygens (including phenoxy) is 1. The monoisotopic (exact) mass is 427 g/mol. The van der Waals surface area contributed by atoms with E-state index in [0.717, 1.165) is 5.69 Å². The molecule has 2 aromatic carbocycles. The normalized spacial score (nSPS) is 11.3. The summed E-state index contributed by atoms with van der Waals surface area (Å²) in [6.07, 6.45) is 0.651. The molecule has 0 bridgehead atoms. The third-order valence-electron chi connectivity index (χ3n) is 4.56. The summed E-state index contributed by atoms with van der Waals surface area (Å²) in [6, 6.07) is 12.7. The highest BCUT2D eigenvalue weighted by atomic mass is 32.2. The Kier molecular flexibility index (Phi) is 6.14. The molecule has 0 saturated carbocycles. The molecule has 3 aromatic rings. The van der Waals surface area contributed by atoms with Gasteiger partial charge in [-0.05, 0) is 43.2 Å². The first-order valence-corrected chi connectivity index (χ1v) is 10.7. The number of hydrogen-bond donors (Lipinski definition) is 2. The maximum absolute atomic E-state index is 12.8. The van der Waals surface area contributed by atoms with Crippen molar-refractivity contribution in [1.29, 1.82) is 0 Å². The average molecular weight is 427 g/mol. The standard InChI is InChI=1S/C21H21N3O5S/c1-3-17-13(2)20(16-9-4-5-10-18(16)24-17)21(26)29-12-19(25)23-14-7-6-8-15(11-14)30(22,27)28/h4-11H,3,12H2,1-2H3,(H,23,25)(H2,22,27,28). The molecule has 1 amide bonds. The first kappa shape index (κ1) is 21.4. The van der Waals surface area contributed by atoms with Crippen molar-refractivity contribution in [3.05, 3.63) is 65.4 Å². The van der Waals surface area contributed by atoms with Crippen LogP contribution in [0.15, 0.2) is 53.4 Å². The van der Waals surface area contributed by atoms with Gasteiger partial charge in [0.2, 0.25) is 10.0 Å². The number of aromatic nitrogens is 1. The largest absolute Gasteiger partial charge is 0.452 e. The third-order valence-corrected chi connectivity index (χ3v) is 5.47. The second-order valence-electron chi connectivity index (χ2n) is 6.63. The highest BCUT2D eigenvalue weighted by Gasteiger charge is 2.19. The number of hydrogen-bond acceptors (Lipinski definition) is 6. The molecular formula is C21H21N3O5S. The molecule has 0 spiro atoms. The molecule has 0 aliphatic rings. The Morgan fingerprint density at radius 1 is 1.13 bits per heavy atom. The number of aryl methyl sites for hydroxylation is 1. The van der Waals surface area contributed by atoms with Crippen LogP contribution in [0.5, 0.6) is 0 Å². The van der Waals surface area contributed by atoms with Gasteiger partial charge in [0, 0.05) is 16.8 Å². The zero-order valence-corrected chi connectivity index (χ0v) is 17.3. The Hall–Kier alpha value is -3.30. The maximum atomic E-state index is 12.8. The average Bonchev–Trinajstić information content (AvgIpc) is 2.71. The minimum Gasteiger partial charge on any atom is -0.452 e. The van der Waals surface area contributed by atoms with Gasteiger partial charge in [-0.2, -0.15) is 0 Å². The second kappa shape index (κ2) is 8.60. The summed E-state index contributed by atoms with van der Waals surface area (Å²) in [6.45, 7) is 3.21. The number of rotatable bonds is 6. The van der Waals surface area contributed by atoms with Crippen LogP contribution in [-0.4, -0.2) is 31.9 Å². The SMILES string of the molecule is CCc1nc2ccccc2c(C(=O)OCC(=O)Nc2cccc(S(N)(=O)=O)c2)c1C. The number of carbonyl (C=O) groups excluding carboxylic acids is 2. The van der Waals surface area contributed by atoms with Crippen molar-refractivity contribution in [2.24, 2.45) is 5.14 Å². The van der Waals surface area contributed by atoms with Crippen LogP contribution in [0.4, 0.5) is 5.69 Å². The van der Waals surface area contributed by atoms with Crippen LogP contribution in [0.1, 0.15) is 28.5 Å². The molecule has 0 aliphatic heterocycles. The molecule has 0 aliphatic carbocycles. The lowest BCUT2D eigenvalue weighted by atomic mass is 10.0. The smallest absolute Gasteiger partial charge is 0.339 e. The molecule has 0 saturated heterocycles. The van der Waals surface area contributed by atoms with Crippen LogP contribution in [0.3, 0.4) is 0 Å². The van der Waals surface area contributed by atoms with E-state index >= 15 is 0 Å². The molecule has 156 valence electrons. The predicted octanol–water partition coefficient (Wildman–Crippen LogP) is 2.55. The number of nitrogens with zero attached hydrogens (tertiary/aromatic N) is 1. The van der Waals surface area contributed by atoms with Crippen LogP contribution >= 0.6 is 0 Å². The van der Waals surface area contributed by atoms with E-state index in [1.807, 2.05) is 19.1 Å². The van der Waals surface area contributed by atoms with Gasteiger partial charge in [0.15, 0.2) is 6.61 Å². The van der Waals surface area contributed by atoms with Crippen molar-refractivity contribution >= 4 is 38.5 Å². The molecule has 1 aromatic heterocycles. The molecule has 3 rings (SSSR count). The van der Waals surface area contributed by atoms with Crippen molar-refractivity contribution in [3.8, 4) is 0 Å². The number of primary sulfonamides is 1. The first-order valence-electron chi connectivity index (χ1n) is 9.18. The Bertz CT molecular complexity index is 1240. The van der Waals surface area contributed by atoms with E-state index in [0.29, 0.717) is 28.5 Å². The van der Waals surface area contributed by atoms with Gasteiger partial charge < -0.3 is 10.1 Å². The van der Waals surface area contributed by atoms with Crippen molar-refractivity contribution in [2.75, 3.05) is 11.9 Å². The van der Waals surface area contributed by atoms with Gasteiger partial charge in [-0.25, -0.2) is 18.4 Å². The quantitative estimate of drug-likeness (QED) is 0.582. The Labute approximate surface area is 174 Å². The van der Waals surface area contributed by atoms with Crippen molar-refractivity contribution in [3.63, 3.8) is 0 Å². The summed E-state index contributed by atoms with van der Waals surface area (Å²) in [5.41, 5.74) is 2.77. The predicted molar refractivity (Wildman–Crippen MR) is 113 cm³/mol. The van der Waals surface area contributed by atoms with Gasteiger partial charge in [-0.15, -0.1) is 0 Å². The van der Waals surface area contributed by atoms with Gasteiger partial charge in [-0.1, -0.05) is 31.2 Å². The van der Waals surface area contributed by atoms with Crippen molar-refractivity contribution < 1.29 is 22.7 Å². The Morgan fingerprint density at radius 3 is 2.57 bits per heavy atom. The molecule has 9 heteroatoms. The number of benzene rings is 2. The minimum atomic E-state index is -3.90. The first-order chi connectivity index (χ1) is 14.2. The number of amides is 1. The fourth-order valence-electron chi connectivity index (χ4n) is 3.12. The molecular weight excluding hydrogens is 406 g/mol. The van der Waals surface area contributed by atoms with Gasteiger partial charge in [0.05, 0.1) is 16.0 Å². The summed E-state index contributed by atoms with van der Waals surface area (Å²) in [4.78, 5) is 29.4. The summed E-state index contributed by atoms with van der Waals surface area (Å²) in [5.74, 6) is -1.24.